The summed E-state index contributed by atoms with van der Waals surface area (Å²) in [5.41, 5.74) is 0.752. The van der Waals surface area contributed by atoms with Crippen molar-refractivity contribution in [2.45, 2.75) is 0 Å². The van der Waals surface area contributed by atoms with E-state index in [1.54, 1.807) is 7.05 Å². The SMILES string of the molecule is C=C(CNC)COc1cc(Br)cc(F)c1F. The fourth-order valence-corrected chi connectivity index (χ4v) is 1.53. The van der Waals surface area contributed by atoms with Gasteiger partial charge in [0.25, 0.3) is 0 Å². The summed E-state index contributed by atoms with van der Waals surface area (Å²) in [6, 6.07) is 2.43. The van der Waals surface area contributed by atoms with E-state index in [9.17, 15) is 8.78 Å². The van der Waals surface area contributed by atoms with Crippen LogP contribution in [0, 0.1) is 11.6 Å². The van der Waals surface area contributed by atoms with E-state index in [2.05, 4.69) is 27.8 Å². The highest BCUT2D eigenvalue weighted by Gasteiger charge is 2.11. The normalized spacial score (nSPS) is 10.2. The van der Waals surface area contributed by atoms with Crippen LogP contribution >= 0.6 is 15.9 Å². The molecule has 1 rings (SSSR count). The number of halogens is 3. The van der Waals surface area contributed by atoms with E-state index in [0.717, 1.165) is 11.6 Å². The molecule has 1 N–H and O–H groups in total. The van der Waals surface area contributed by atoms with Gasteiger partial charge in [0.1, 0.15) is 6.61 Å². The van der Waals surface area contributed by atoms with E-state index in [1.807, 2.05) is 0 Å². The quantitative estimate of drug-likeness (QED) is 0.665. The zero-order valence-electron chi connectivity index (χ0n) is 8.82. The molecule has 0 spiro atoms. The molecule has 1 aromatic carbocycles. The minimum atomic E-state index is -0.986. The van der Waals surface area contributed by atoms with Crippen LogP contribution in [-0.2, 0) is 0 Å². The summed E-state index contributed by atoms with van der Waals surface area (Å²) in [4.78, 5) is 0. The highest BCUT2D eigenvalue weighted by molar-refractivity contribution is 9.10. The van der Waals surface area contributed by atoms with E-state index in [4.69, 9.17) is 4.74 Å². The Labute approximate surface area is 101 Å². The zero-order valence-corrected chi connectivity index (χ0v) is 10.4. The molecule has 0 aromatic heterocycles. The average molecular weight is 292 g/mol. The van der Waals surface area contributed by atoms with Crippen molar-refractivity contribution in [1.29, 1.82) is 0 Å². The Morgan fingerprint density at radius 1 is 1.50 bits per heavy atom. The van der Waals surface area contributed by atoms with Crippen molar-refractivity contribution < 1.29 is 13.5 Å². The number of benzene rings is 1. The first kappa shape index (κ1) is 13.1. The van der Waals surface area contributed by atoms with E-state index in [1.165, 1.54) is 6.07 Å². The Morgan fingerprint density at radius 2 is 2.19 bits per heavy atom. The van der Waals surface area contributed by atoms with Crippen molar-refractivity contribution in [1.82, 2.24) is 5.32 Å². The zero-order chi connectivity index (χ0) is 12.1. The smallest absolute Gasteiger partial charge is 0.200 e. The second-order valence-corrected chi connectivity index (χ2v) is 4.18. The Bertz CT molecular complexity index is 396. The van der Waals surface area contributed by atoms with Crippen LogP contribution in [0.15, 0.2) is 28.8 Å². The van der Waals surface area contributed by atoms with Gasteiger partial charge in [-0.05, 0) is 24.8 Å². The molecule has 0 unspecified atom stereocenters. The third-order valence-electron chi connectivity index (χ3n) is 1.82. The van der Waals surface area contributed by atoms with Gasteiger partial charge in [-0.1, -0.05) is 22.5 Å². The molecule has 0 fully saturated rings. The van der Waals surface area contributed by atoms with Gasteiger partial charge in [-0.15, -0.1) is 0 Å². The Hall–Kier alpha value is -0.940. The third-order valence-corrected chi connectivity index (χ3v) is 2.28. The van der Waals surface area contributed by atoms with Crippen LogP contribution in [0.3, 0.4) is 0 Å². The van der Waals surface area contributed by atoms with Crippen molar-refractivity contribution in [2.24, 2.45) is 0 Å². The van der Waals surface area contributed by atoms with Crippen LogP contribution in [0.1, 0.15) is 0 Å². The molecule has 0 aliphatic heterocycles. The van der Waals surface area contributed by atoms with Gasteiger partial charge in [-0.2, -0.15) is 4.39 Å². The van der Waals surface area contributed by atoms with Gasteiger partial charge in [0.2, 0.25) is 5.82 Å². The van der Waals surface area contributed by atoms with Gasteiger partial charge in [-0.3, -0.25) is 0 Å². The summed E-state index contributed by atoms with van der Waals surface area (Å²) >= 11 is 3.06. The number of hydrogen-bond acceptors (Lipinski definition) is 2. The lowest BCUT2D eigenvalue weighted by Crippen LogP contribution is -2.15. The maximum atomic E-state index is 13.3. The van der Waals surface area contributed by atoms with E-state index >= 15 is 0 Å². The molecular formula is C11H12BrF2NO. The summed E-state index contributed by atoms with van der Waals surface area (Å²) in [6.07, 6.45) is 0. The van der Waals surface area contributed by atoms with Gasteiger partial charge in [0.05, 0.1) is 0 Å². The maximum absolute atomic E-state index is 13.3. The van der Waals surface area contributed by atoms with Crippen LogP contribution in [0.25, 0.3) is 0 Å². The van der Waals surface area contributed by atoms with E-state index in [-0.39, 0.29) is 12.4 Å². The van der Waals surface area contributed by atoms with Crippen LogP contribution in [0.5, 0.6) is 5.75 Å². The molecule has 0 aliphatic carbocycles. The highest BCUT2D eigenvalue weighted by atomic mass is 79.9. The molecule has 0 bridgehead atoms. The fourth-order valence-electron chi connectivity index (χ4n) is 1.12. The largest absolute Gasteiger partial charge is 0.486 e. The monoisotopic (exact) mass is 291 g/mol. The molecule has 0 heterocycles. The molecule has 0 radical (unpaired) electrons. The van der Waals surface area contributed by atoms with Crippen LogP contribution < -0.4 is 10.1 Å². The molecule has 16 heavy (non-hydrogen) atoms. The Balaban J connectivity index is 2.70. The lowest BCUT2D eigenvalue weighted by molar-refractivity contribution is 0.321. The summed E-state index contributed by atoms with van der Waals surface area (Å²) in [5.74, 6) is -2.05. The average Bonchev–Trinajstić information content (AvgIpc) is 2.21. The maximum Gasteiger partial charge on any atom is 0.200 e. The van der Waals surface area contributed by atoms with Crippen molar-refractivity contribution in [2.75, 3.05) is 20.2 Å². The third kappa shape index (κ3) is 3.57. The molecular weight excluding hydrogens is 280 g/mol. The minimum absolute atomic E-state index is 0.121. The predicted molar refractivity (Wildman–Crippen MR) is 62.6 cm³/mol. The number of likely N-dealkylation sites (N-methyl/N-ethyl adjacent to an activating group) is 1. The molecule has 0 atom stereocenters. The summed E-state index contributed by atoms with van der Waals surface area (Å²) < 4.78 is 31.8. The molecule has 5 heteroatoms. The van der Waals surface area contributed by atoms with Crippen molar-refractivity contribution in [3.63, 3.8) is 0 Å². The van der Waals surface area contributed by atoms with Gasteiger partial charge in [-0.25, -0.2) is 4.39 Å². The molecule has 2 nitrogen and oxygen atoms in total. The van der Waals surface area contributed by atoms with Crippen LogP contribution in [0.2, 0.25) is 0 Å². The summed E-state index contributed by atoms with van der Waals surface area (Å²) in [6.45, 7) is 4.43. The van der Waals surface area contributed by atoms with E-state index < -0.39 is 11.6 Å². The van der Waals surface area contributed by atoms with Gasteiger partial charge in [0.15, 0.2) is 11.6 Å². The Kier molecular flexibility index (Phi) is 4.89. The first-order chi connectivity index (χ1) is 7.54. The first-order valence-corrected chi connectivity index (χ1v) is 5.42. The standard InChI is InChI=1S/C11H12BrF2NO/c1-7(5-15-2)6-16-10-4-8(12)3-9(13)11(10)14/h3-4,15H,1,5-6H2,2H3. The van der Waals surface area contributed by atoms with Crippen LogP contribution in [-0.4, -0.2) is 20.2 Å². The fraction of sp³-hybridized carbons (Fsp3) is 0.273. The van der Waals surface area contributed by atoms with Crippen molar-refractivity contribution in [3.05, 3.63) is 40.4 Å². The van der Waals surface area contributed by atoms with Crippen molar-refractivity contribution in [3.8, 4) is 5.75 Å². The molecule has 1 aromatic rings. The van der Waals surface area contributed by atoms with E-state index in [0.29, 0.717) is 11.0 Å². The minimum Gasteiger partial charge on any atom is -0.486 e. The second-order valence-electron chi connectivity index (χ2n) is 3.27. The second kappa shape index (κ2) is 5.96. The van der Waals surface area contributed by atoms with Gasteiger partial charge in [0, 0.05) is 11.0 Å². The van der Waals surface area contributed by atoms with Gasteiger partial charge < -0.3 is 10.1 Å². The Morgan fingerprint density at radius 3 is 2.81 bits per heavy atom. The lowest BCUT2D eigenvalue weighted by atomic mass is 10.3. The number of nitrogens with one attached hydrogen (secondary N) is 1. The number of rotatable bonds is 5. The predicted octanol–water partition coefficient (Wildman–Crippen LogP) is 2.88. The summed E-state index contributed by atoms with van der Waals surface area (Å²) in [5, 5.41) is 2.88. The van der Waals surface area contributed by atoms with Crippen LogP contribution in [0.4, 0.5) is 8.78 Å². The number of ether oxygens (including phenoxy) is 1. The molecule has 0 saturated heterocycles. The topological polar surface area (TPSA) is 21.3 Å². The lowest BCUT2D eigenvalue weighted by Gasteiger charge is -2.09. The number of hydrogen-bond donors (Lipinski definition) is 1. The molecule has 0 amide bonds. The highest BCUT2D eigenvalue weighted by Crippen LogP contribution is 2.25. The van der Waals surface area contributed by atoms with Crippen molar-refractivity contribution >= 4 is 15.9 Å². The first-order valence-electron chi connectivity index (χ1n) is 4.63. The van der Waals surface area contributed by atoms with Gasteiger partial charge >= 0.3 is 0 Å². The molecule has 0 aliphatic rings. The molecule has 0 saturated carbocycles. The summed E-state index contributed by atoms with van der Waals surface area (Å²) in [7, 11) is 1.77. The molecule has 88 valence electrons.